The fourth-order valence-corrected chi connectivity index (χ4v) is 2.36. The molecule has 0 fully saturated rings. The van der Waals surface area contributed by atoms with Gasteiger partial charge in [-0.05, 0) is 54.8 Å². The van der Waals surface area contributed by atoms with Crippen molar-refractivity contribution < 1.29 is 0 Å². The molecular formula is C16H15ClN2. The first-order valence-electron chi connectivity index (χ1n) is 6.31. The summed E-state index contributed by atoms with van der Waals surface area (Å²) in [6.45, 7) is 5.03. The zero-order valence-corrected chi connectivity index (χ0v) is 11.8. The third kappa shape index (κ3) is 2.36. The lowest BCUT2D eigenvalue weighted by atomic mass is 10.1. The predicted molar refractivity (Wildman–Crippen MR) is 79.8 cm³/mol. The van der Waals surface area contributed by atoms with Gasteiger partial charge in [-0.15, -0.1) is 0 Å². The second-order valence-corrected chi connectivity index (χ2v) is 5.36. The van der Waals surface area contributed by atoms with Gasteiger partial charge in [-0.1, -0.05) is 23.7 Å². The molecule has 2 nitrogen and oxygen atoms in total. The van der Waals surface area contributed by atoms with Gasteiger partial charge in [0, 0.05) is 10.4 Å². The number of aryl methyl sites for hydroxylation is 2. The first-order valence-corrected chi connectivity index (χ1v) is 6.68. The van der Waals surface area contributed by atoms with Crippen LogP contribution in [0.25, 0.3) is 10.9 Å². The SMILES string of the molecule is Cc1cc2cnn(Cc3ccc(Cl)cc3)c2cc1C. The molecule has 0 bridgehead atoms. The number of hydrogen-bond donors (Lipinski definition) is 0. The highest BCUT2D eigenvalue weighted by Gasteiger charge is 2.05. The largest absolute Gasteiger partial charge is 0.260 e. The van der Waals surface area contributed by atoms with Crippen molar-refractivity contribution in [3.63, 3.8) is 0 Å². The fourth-order valence-electron chi connectivity index (χ4n) is 2.23. The van der Waals surface area contributed by atoms with Gasteiger partial charge >= 0.3 is 0 Å². The van der Waals surface area contributed by atoms with Crippen molar-refractivity contribution in [2.24, 2.45) is 0 Å². The van der Waals surface area contributed by atoms with Gasteiger partial charge in [-0.25, -0.2) is 0 Å². The van der Waals surface area contributed by atoms with Crippen LogP contribution in [0.3, 0.4) is 0 Å². The van der Waals surface area contributed by atoms with E-state index in [9.17, 15) is 0 Å². The lowest BCUT2D eigenvalue weighted by Gasteiger charge is -2.06. The van der Waals surface area contributed by atoms with Crippen LogP contribution in [0.4, 0.5) is 0 Å². The summed E-state index contributed by atoms with van der Waals surface area (Å²) >= 11 is 5.90. The zero-order chi connectivity index (χ0) is 13.4. The normalized spacial score (nSPS) is 11.1. The molecule has 3 heteroatoms. The second kappa shape index (κ2) is 4.71. The van der Waals surface area contributed by atoms with Gasteiger partial charge in [0.25, 0.3) is 0 Å². The van der Waals surface area contributed by atoms with Crippen LogP contribution in [0.5, 0.6) is 0 Å². The Bertz CT molecular complexity index is 726. The molecule has 2 aromatic carbocycles. The summed E-state index contributed by atoms with van der Waals surface area (Å²) in [4.78, 5) is 0. The van der Waals surface area contributed by atoms with E-state index in [2.05, 4.69) is 31.1 Å². The van der Waals surface area contributed by atoms with Crippen molar-refractivity contribution in [2.45, 2.75) is 20.4 Å². The minimum absolute atomic E-state index is 0.764. The maximum Gasteiger partial charge on any atom is 0.0689 e. The highest BCUT2D eigenvalue weighted by molar-refractivity contribution is 6.30. The van der Waals surface area contributed by atoms with E-state index in [0.717, 1.165) is 11.6 Å². The molecule has 3 aromatic rings. The van der Waals surface area contributed by atoms with Crippen molar-refractivity contribution in [2.75, 3.05) is 0 Å². The molecule has 0 unspecified atom stereocenters. The van der Waals surface area contributed by atoms with Crippen LogP contribution in [0.15, 0.2) is 42.6 Å². The van der Waals surface area contributed by atoms with Crippen molar-refractivity contribution in [1.82, 2.24) is 9.78 Å². The standard InChI is InChI=1S/C16H15ClN2/c1-11-7-14-9-18-19(16(14)8-12(11)2)10-13-3-5-15(17)6-4-13/h3-9H,10H2,1-2H3. The van der Waals surface area contributed by atoms with Gasteiger partial charge < -0.3 is 0 Å². The molecule has 0 amide bonds. The Morgan fingerprint density at radius 2 is 1.74 bits per heavy atom. The number of rotatable bonds is 2. The van der Waals surface area contributed by atoms with E-state index in [-0.39, 0.29) is 0 Å². The van der Waals surface area contributed by atoms with Crippen molar-refractivity contribution in [3.05, 3.63) is 64.3 Å². The van der Waals surface area contributed by atoms with E-state index >= 15 is 0 Å². The number of benzene rings is 2. The van der Waals surface area contributed by atoms with E-state index in [1.54, 1.807) is 0 Å². The van der Waals surface area contributed by atoms with Crippen molar-refractivity contribution >= 4 is 22.5 Å². The third-order valence-electron chi connectivity index (χ3n) is 3.50. The fraction of sp³-hybridized carbons (Fsp3) is 0.188. The van der Waals surface area contributed by atoms with Crippen molar-refractivity contribution in [1.29, 1.82) is 0 Å². The topological polar surface area (TPSA) is 17.8 Å². The monoisotopic (exact) mass is 270 g/mol. The van der Waals surface area contributed by atoms with Crippen molar-refractivity contribution in [3.8, 4) is 0 Å². The second-order valence-electron chi connectivity index (χ2n) is 4.92. The van der Waals surface area contributed by atoms with Crippen LogP contribution in [0.1, 0.15) is 16.7 Å². The number of aromatic nitrogens is 2. The molecule has 96 valence electrons. The molecule has 0 aliphatic heterocycles. The summed E-state index contributed by atoms with van der Waals surface area (Å²) in [6.07, 6.45) is 1.93. The van der Waals surface area contributed by atoms with Gasteiger partial charge in [-0.3, -0.25) is 4.68 Å². The third-order valence-corrected chi connectivity index (χ3v) is 3.75. The minimum Gasteiger partial charge on any atom is -0.260 e. The summed E-state index contributed by atoms with van der Waals surface area (Å²) in [6, 6.07) is 12.3. The molecule has 0 aliphatic rings. The minimum atomic E-state index is 0.764. The molecule has 0 N–H and O–H groups in total. The Balaban J connectivity index is 2.01. The maximum atomic E-state index is 5.90. The van der Waals surface area contributed by atoms with E-state index in [1.165, 1.54) is 27.6 Å². The molecule has 0 spiro atoms. The zero-order valence-electron chi connectivity index (χ0n) is 11.0. The molecule has 0 atom stereocenters. The Hall–Kier alpha value is -1.80. The molecule has 0 radical (unpaired) electrons. The molecule has 19 heavy (non-hydrogen) atoms. The highest BCUT2D eigenvalue weighted by Crippen LogP contribution is 2.20. The van der Waals surface area contributed by atoms with Gasteiger partial charge in [0.2, 0.25) is 0 Å². The number of fused-ring (bicyclic) bond motifs is 1. The average molecular weight is 271 g/mol. The van der Waals surface area contributed by atoms with E-state index in [0.29, 0.717) is 0 Å². The number of halogens is 1. The van der Waals surface area contributed by atoms with Gasteiger partial charge in [-0.2, -0.15) is 5.10 Å². The molecule has 3 rings (SSSR count). The van der Waals surface area contributed by atoms with Crippen LogP contribution in [0.2, 0.25) is 5.02 Å². The van der Waals surface area contributed by atoms with Crippen LogP contribution < -0.4 is 0 Å². The van der Waals surface area contributed by atoms with E-state index < -0.39 is 0 Å². The lowest BCUT2D eigenvalue weighted by Crippen LogP contribution is -2.01. The van der Waals surface area contributed by atoms with Gasteiger partial charge in [0.05, 0.1) is 18.3 Å². The average Bonchev–Trinajstić information content (AvgIpc) is 2.76. The summed E-state index contributed by atoms with van der Waals surface area (Å²) in [5, 5.41) is 6.44. The number of hydrogen-bond acceptors (Lipinski definition) is 1. The Morgan fingerprint density at radius 3 is 2.47 bits per heavy atom. The first kappa shape index (κ1) is 12.2. The maximum absolute atomic E-state index is 5.90. The van der Waals surface area contributed by atoms with Crippen LogP contribution >= 0.6 is 11.6 Å². The van der Waals surface area contributed by atoms with Crippen LogP contribution in [0, 0.1) is 13.8 Å². The van der Waals surface area contributed by atoms with E-state index in [4.69, 9.17) is 11.6 Å². The Morgan fingerprint density at radius 1 is 1.05 bits per heavy atom. The van der Waals surface area contributed by atoms with Crippen LogP contribution in [-0.2, 0) is 6.54 Å². The molecular weight excluding hydrogens is 256 g/mol. The number of nitrogens with zero attached hydrogens (tertiary/aromatic N) is 2. The lowest BCUT2D eigenvalue weighted by molar-refractivity contribution is 0.712. The molecule has 1 aromatic heterocycles. The summed E-state index contributed by atoms with van der Waals surface area (Å²) in [7, 11) is 0. The van der Waals surface area contributed by atoms with E-state index in [1.807, 2.05) is 35.1 Å². The first-order chi connectivity index (χ1) is 9.13. The van der Waals surface area contributed by atoms with Gasteiger partial charge in [0.1, 0.15) is 0 Å². The summed E-state index contributed by atoms with van der Waals surface area (Å²) < 4.78 is 2.03. The quantitative estimate of drug-likeness (QED) is 0.677. The predicted octanol–water partition coefficient (Wildman–Crippen LogP) is 4.35. The molecule has 0 saturated heterocycles. The summed E-state index contributed by atoms with van der Waals surface area (Å²) in [5.74, 6) is 0. The van der Waals surface area contributed by atoms with Gasteiger partial charge in [0.15, 0.2) is 0 Å². The highest BCUT2D eigenvalue weighted by atomic mass is 35.5. The van der Waals surface area contributed by atoms with Crippen LogP contribution in [-0.4, -0.2) is 9.78 Å². The summed E-state index contributed by atoms with van der Waals surface area (Å²) in [5.41, 5.74) is 4.98. The smallest absolute Gasteiger partial charge is 0.0689 e. The molecule has 0 aliphatic carbocycles. The molecule has 0 saturated carbocycles. The Kier molecular flexibility index (Phi) is 3.03. The Labute approximate surface area is 117 Å². The molecule has 1 heterocycles.